The summed E-state index contributed by atoms with van der Waals surface area (Å²) in [5.41, 5.74) is 0.458. The first-order valence-corrected chi connectivity index (χ1v) is 9.13. The Kier molecular flexibility index (Phi) is 5.31. The zero-order valence-electron chi connectivity index (χ0n) is 14.0. The van der Waals surface area contributed by atoms with Gasteiger partial charge in [-0.3, -0.25) is 4.79 Å². The molecule has 1 aliphatic heterocycles. The van der Waals surface area contributed by atoms with Gasteiger partial charge in [0.05, 0.1) is 17.7 Å². The first kappa shape index (κ1) is 17.7. The SMILES string of the molecule is COc1cc(S(=O)(=O)N2C[C@H](C)C[C@H](C)C2)ccc1NC(C)=O. The van der Waals surface area contributed by atoms with Crippen LogP contribution >= 0.6 is 0 Å². The van der Waals surface area contributed by atoms with Crippen molar-refractivity contribution in [2.75, 3.05) is 25.5 Å². The first-order chi connectivity index (χ1) is 10.7. The maximum absolute atomic E-state index is 12.9. The van der Waals surface area contributed by atoms with E-state index in [4.69, 9.17) is 4.74 Å². The molecule has 0 spiro atoms. The minimum atomic E-state index is -3.57. The minimum Gasteiger partial charge on any atom is -0.495 e. The van der Waals surface area contributed by atoms with Crippen LogP contribution in [0.4, 0.5) is 5.69 Å². The lowest BCUT2D eigenvalue weighted by molar-refractivity contribution is -0.114. The fourth-order valence-corrected chi connectivity index (χ4v) is 4.77. The first-order valence-electron chi connectivity index (χ1n) is 7.69. The Morgan fingerprint density at radius 1 is 1.26 bits per heavy atom. The molecule has 0 radical (unpaired) electrons. The number of methoxy groups -OCH3 is 1. The third-order valence-corrected chi connectivity index (χ3v) is 5.78. The topological polar surface area (TPSA) is 75.7 Å². The summed E-state index contributed by atoms with van der Waals surface area (Å²) in [6.45, 7) is 6.59. The summed E-state index contributed by atoms with van der Waals surface area (Å²) < 4.78 is 32.5. The van der Waals surface area contributed by atoms with Crippen molar-refractivity contribution in [2.45, 2.75) is 32.1 Å². The highest BCUT2D eigenvalue weighted by Gasteiger charge is 2.32. The van der Waals surface area contributed by atoms with Crippen molar-refractivity contribution in [1.29, 1.82) is 0 Å². The number of nitrogens with zero attached hydrogens (tertiary/aromatic N) is 1. The smallest absolute Gasteiger partial charge is 0.243 e. The molecule has 7 heteroatoms. The Morgan fingerprint density at radius 2 is 1.87 bits per heavy atom. The summed E-state index contributed by atoms with van der Waals surface area (Å²) in [4.78, 5) is 11.4. The van der Waals surface area contributed by atoms with Gasteiger partial charge in [-0.15, -0.1) is 0 Å². The van der Waals surface area contributed by atoms with E-state index < -0.39 is 10.0 Å². The van der Waals surface area contributed by atoms with Gasteiger partial charge < -0.3 is 10.1 Å². The second-order valence-electron chi connectivity index (χ2n) is 6.31. The molecule has 1 aromatic rings. The Hall–Kier alpha value is -1.60. The van der Waals surface area contributed by atoms with E-state index in [1.807, 2.05) is 0 Å². The van der Waals surface area contributed by atoms with Crippen molar-refractivity contribution >= 4 is 21.6 Å². The van der Waals surface area contributed by atoms with Crippen LogP contribution in [-0.4, -0.2) is 38.8 Å². The zero-order valence-corrected chi connectivity index (χ0v) is 14.8. The van der Waals surface area contributed by atoms with Crippen molar-refractivity contribution in [3.63, 3.8) is 0 Å². The van der Waals surface area contributed by atoms with Gasteiger partial charge in [0.1, 0.15) is 5.75 Å². The van der Waals surface area contributed by atoms with Gasteiger partial charge in [0.25, 0.3) is 0 Å². The number of hydrogen-bond acceptors (Lipinski definition) is 4. The Bertz CT molecular complexity index is 677. The molecule has 1 N–H and O–H groups in total. The fraction of sp³-hybridized carbons (Fsp3) is 0.562. The molecular weight excluding hydrogens is 316 g/mol. The highest BCUT2D eigenvalue weighted by molar-refractivity contribution is 7.89. The van der Waals surface area contributed by atoms with Crippen molar-refractivity contribution < 1.29 is 17.9 Å². The molecule has 23 heavy (non-hydrogen) atoms. The van der Waals surface area contributed by atoms with Crippen molar-refractivity contribution in [1.82, 2.24) is 4.31 Å². The summed E-state index contributed by atoms with van der Waals surface area (Å²) in [6, 6.07) is 4.53. The number of rotatable bonds is 4. The molecule has 6 nitrogen and oxygen atoms in total. The third kappa shape index (κ3) is 4.03. The average molecular weight is 340 g/mol. The van der Waals surface area contributed by atoms with Crippen LogP contribution in [0.1, 0.15) is 27.2 Å². The predicted octanol–water partition coefficient (Wildman–Crippen LogP) is 2.32. The maximum atomic E-state index is 12.9. The second kappa shape index (κ2) is 6.88. The lowest BCUT2D eigenvalue weighted by atomic mass is 9.94. The van der Waals surface area contributed by atoms with E-state index in [0.717, 1.165) is 6.42 Å². The Labute approximate surface area is 137 Å². The third-order valence-electron chi connectivity index (χ3n) is 3.96. The highest BCUT2D eigenvalue weighted by atomic mass is 32.2. The number of sulfonamides is 1. The largest absolute Gasteiger partial charge is 0.495 e. The van der Waals surface area contributed by atoms with Crippen LogP contribution in [0.5, 0.6) is 5.75 Å². The van der Waals surface area contributed by atoms with Gasteiger partial charge in [-0.2, -0.15) is 4.31 Å². The quantitative estimate of drug-likeness (QED) is 0.913. The van der Waals surface area contributed by atoms with E-state index in [1.165, 1.54) is 26.2 Å². The number of benzene rings is 1. The standard InChI is InChI=1S/C16H24N2O4S/c1-11-7-12(2)10-18(9-11)23(20,21)14-5-6-15(17-13(3)19)16(8-14)22-4/h5-6,8,11-12H,7,9-10H2,1-4H3,(H,17,19)/t11-,12+. The molecule has 0 aliphatic carbocycles. The average Bonchev–Trinajstić information content (AvgIpc) is 2.45. The Morgan fingerprint density at radius 3 is 2.39 bits per heavy atom. The van der Waals surface area contributed by atoms with E-state index in [0.29, 0.717) is 36.4 Å². The van der Waals surface area contributed by atoms with Gasteiger partial charge in [0.2, 0.25) is 15.9 Å². The summed E-state index contributed by atoms with van der Waals surface area (Å²) in [5, 5.41) is 2.62. The summed E-state index contributed by atoms with van der Waals surface area (Å²) in [5.74, 6) is 0.778. The van der Waals surface area contributed by atoms with Gasteiger partial charge in [-0.05, 0) is 30.4 Å². The Balaban J connectivity index is 2.34. The van der Waals surface area contributed by atoms with E-state index in [9.17, 15) is 13.2 Å². The molecule has 1 amide bonds. The van der Waals surface area contributed by atoms with Gasteiger partial charge >= 0.3 is 0 Å². The van der Waals surface area contributed by atoms with Crippen LogP contribution in [0.25, 0.3) is 0 Å². The summed E-state index contributed by atoms with van der Waals surface area (Å²) in [6.07, 6.45) is 1.04. The van der Waals surface area contributed by atoms with Gasteiger partial charge in [0.15, 0.2) is 0 Å². The predicted molar refractivity (Wildman–Crippen MR) is 89.0 cm³/mol. The monoisotopic (exact) mass is 340 g/mol. The lowest BCUT2D eigenvalue weighted by Gasteiger charge is -2.34. The van der Waals surface area contributed by atoms with Gasteiger partial charge in [-0.1, -0.05) is 13.8 Å². The number of hydrogen-bond donors (Lipinski definition) is 1. The van der Waals surface area contributed by atoms with Crippen molar-refractivity contribution in [3.8, 4) is 5.75 Å². The summed E-state index contributed by atoms with van der Waals surface area (Å²) >= 11 is 0. The highest BCUT2D eigenvalue weighted by Crippen LogP contribution is 2.31. The molecule has 2 rings (SSSR count). The molecule has 0 bridgehead atoms. The molecule has 128 valence electrons. The van der Waals surface area contributed by atoms with Gasteiger partial charge in [0, 0.05) is 26.1 Å². The molecule has 0 saturated carbocycles. The van der Waals surface area contributed by atoms with E-state index in [1.54, 1.807) is 10.4 Å². The zero-order chi connectivity index (χ0) is 17.2. The van der Waals surface area contributed by atoms with Crippen LogP contribution in [0.2, 0.25) is 0 Å². The van der Waals surface area contributed by atoms with Crippen LogP contribution < -0.4 is 10.1 Å². The molecular formula is C16H24N2O4S. The molecule has 1 aromatic carbocycles. The summed E-state index contributed by atoms with van der Waals surface area (Å²) in [7, 11) is -2.12. The minimum absolute atomic E-state index is 0.185. The lowest BCUT2D eigenvalue weighted by Crippen LogP contribution is -2.42. The number of carbonyl (C=O) groups excluding carboxylic acids is 1. The molecule has 1 saturated heterocycles. The molecule has 2 atom stereocenters. The number of carbonyl (C=O) groups is 1. The number of piperidine rings is 1. The van der Waals surface area contributed by atoms with Crippen molar-refractivity contribution in [2.24, 2.45) is 11.8 Å². The molecule has 0 unspecified atom stereocenters. The van der Waals surface area contributed by atoms with E-state index >= 15 is 0 Å². The van der Waals surface area contributed by atoms with Crippen LogP contribution in [-0.2, 0) is 14.8 Å². The molecule has 1 fully saturated rings. The van der Waals surface area contributed by atoms with Crippen molar-refractivity contribution in [3.05, 3.63) is 18.2 Å². The maximum Gasteiger partial charge on any atom is 0.243 e. The van der Waals surface area contributed by atoms with E-state index in [2.05, 4.69) is 19.2 Å². The van der Waals surface area contributed by atoms with E-state index in [-0.39, 0.29) is 10.8 Å². The van der Waals surface area contributed by atoms with Crippen LogP contribution in [0.3, 0.4) is 0 Å². The second-order valence-corrected chi connectivity index (χ2v) is 8.25. The van der Waals surface area contributed by atoms with Crippen LogP contribution in [0.15, 0.2) is 23.1 Å². The number of anilines is 1. The molecule has 1 heterocycles. The fourth-order valence-electron chi connectivity index (χ4n) is 3.08. The number of nitrogens with one attached hydrogen (secondary N) is 1. The number of ether oxygens (including phenoxy) is 1. The normalized spacial score (nSPS) is 22.6. The van der Waals surface area contributed by atoms with Gasteiger partial charge in [-0.25, -0.2) is 8.42 Å². The molecule has 0 aromatic heterocycles. The number of amides is 1. The van der Waals surface area contributed by atoms with Crippen LogP contribution in [0, 0.1) is 11.8 Å². The molecule has 1 aliphatic rings.